The number of fused-ring (bicyclic) bond motifs is 2. The van der Waals surface area contributed by atoms with Gasteiger partial charge in [-0.05, 0) is 60.9 Å². The third-order valence-electron chi connectivity index (χ3n) is 6.66. The molecule has 9 nitrogen and oxygen atoms in total. The molecule has 2 aromatic heterocycles. The van der Waals surface area contributed by atoms with Gasteiger partial charge in [-0.15, -0.1) is 0 Å². The van der Waals surface area contributed by atoms with Crippen LogP contribution in [0.2, 0.25) is 0 Å². The van der Waals surface area contributed by atoms with Crippen LogP contribution < -0.4 is 15.7 Å². The zero-order valence-corrected chi connectivity index (χ0v) is 21.2. The number of aromatic hydroxyl groups is 1. The van der Waals surface area contributed by atoms with Crippen molar-refractivity contribution in [2.45, 2.75) is 32.4 Å². The minimum atomic E-state index is -1.23. The van der Waals surface area contributed by atoms with Crippen LogP contribution in [0.1, 0.15) is 18.1 Å². The van der Waals surface area contributed by atoms with E-state index in [2.05, 4.69) is 10.3 Å². The molecule has 5 aromatic rings. The Bertz CT molecular complexity index is 1750. The zero-order valence-electron chi connectivity index (χ0n) is 21.2. The van der Waals surface area contributed by atoms with E-state index < -0.39 is 29.6 Å². The largest absolute Gasteiger partial charge is 0.508 e. The molecule has 3 aromatic carbocycles. The topological polar surface area (TPSA) is 142 Å². The van der Waals surface area contributed by atoms with Crippen molar-refractivity contribution in [2.24, 2.45) is 0 Å². The fourth-order valence-corrected chi connectivity index (χ4v) is 4.62. The average molecular weight is 527 g/mol. The summed E-state index contributed by atoms with van der Waals surface area (Å²) < 4.78 is 11.4. The van der Waals surface area contributed by atoms with Crippen molar-refractivity contribution in [1.82, 2.24) is 10.3 Å². The second kappa shape index (κ2) is 10.4. The fourth-order valence-electron chi connectivity index (χ4n) is 4.62. The van der Waals surface area contributed by atoms with Crippen LogP contribution in [0.25, 0.3) is 33.0 Å². The van der Waals surface area contributed by atoms with Gasteiger partial charge in [0, 0.05) is 40.5 Å². The number of phenolic OH excluding ortho intramolecular Hbond substituents is 1. The summed E-state index contributed by atoms with van der Waals surface area (Å²) in [5, 5.41) is 23.5. The Morgan fingerprint density at radius 2 is 1.82 bits per heavy atom. The lowest BCUT2D eigenvalue weighted by Gasteiger charge is -2.20. The van der Waals surface area contributed by atoms with Gasteiger partial charge in [-0.2, -0.15) is 0 Å². The standard InChI is InChI=1S/C30H26N2O7/c1-16-26(11-9-21-22(14-27(34)39-28(16)21)18-6-4-3-5-7-18)38-17(2)29(35)32-25(30(36)37)12-19-15-31-24-10-8-20(33)13-23(19)24/h3-11,13-15,17,25,31,33H,12H2,1-2H3,(H,32,35)(H,36,37). The summed E-state index contributed by atoms with van der Waals surface area (Å²) >= 11 is 0. The molecule has 39 heavy (non-hydrogen) atoms. The molecule has 9 heteroatoms. The number of aliphatic carboxylic acids is 1. The molecule has 0 bridgehead atoms. The molecule has 4 N–H and O–H groups in total. The Hall–Kier alpha value is -5.05. The number of carbonyl (C=O) groups is 2. The smallest absolute Gasteiger partial charge is 0.336 e. The number of carboxylic acid groups (broad SMARTS) is 1. The Morgan fingerprint density at radius 1 is 1.05 bits per heavy atom. The Morgan fingerprint density at radius 3 is 2.56 bits per heavy atom. The molecule has 198 valence electrons. The van der Waals surface area contributed by atoms with Crippen LogP contribution in [0.5, 0.6) is 11.5 Å². The second-order valence-electron chi connectivity index (χ2n) is 9.32. The lowest BCUT2D eigenvalue weighted by molar-refractivity contribution is -0.142. The highest BCUT2D eigenvalue weighted by molar-refractivity contribution is 5.96. The maximum absolute atomic E-state index is 13.0. The van der Waals surface area contributed by atoms with Gasteiger partial charge < -0.3 is 29.7 Å². The highest BCUT2D eigenvalue weighted by atomic mass is 16.5. The number of aromatic amines is 1. The number of aryl methyl sites for hydroxylation is 1. The molecule has 0 saturated heterocycles. The van der Waals surface area contributed by atoms with Gasteiger partial charge in [-0.1, -0.05) is 30.3 Å². The molecular weight excluding hydrogens is 500 g/mol. The van der Waals surface area contributed by atoms with Crippen LogP contribution in [0, 0.1) is 6.92 Å². The van der Waals surface area contributed by atoms with E-state index in [4.69, 9.17) is 9.15 Å². The summed E-state index contributed by atoms with van der Waals surface area (Å²) in [5.41, 5.74) is 3.33. The third kappa shape index (κ3) is 5.19. The van der Waals surface area contributed by atoms with Gasteiger partial charge in [0.15, 0.2) is 6.10 Å². The van der Waals surface area contributed by atoms with Crippen molar-refractivity contribution in [3.8, 4) is 22.6 Å². The summed E-state index contributed by atoms with van der Waals surface area (Å²) in [6.07, 6.45) is 0.612. The van der Waals surface area contributed by atoms with Crippen molar-refractivity contribution >= 4 is 33.7 Å². The number of amides is 1. The van der Waals surface area contributed by atoms with Crippen LogP contribution in [0.3, 0.4) is 0 Å². The molecule has 0 aliphatic heterocycles. The molecule has 0 fully saturated rings. The molecule has 5 rings (SSSR count). The number of hydrogen-bond donors (Lipinski definition) is 4. The van der Waals surface area contributed by atoms with Crippen LogP contribution >= 0.6 is 0 Å². The summed E-state index contributed by atoms with van der Waals surface area (Å²) in [6.45, 7) is 3.24. The number of phenols is 1. The number of hydrogen-bond acceptors (Lipinski definition) is 6. The Labute approximate surface area is 222 Å². The predicted octanol–water partition coefficient (Wildman–Crippen LogP) is 4.53. The molecule has 0 radical (unpaired) electrons. The molecule has 0 saturated carbocycles. The molecule has 0 aliphatic rings. The quantitative estimate of drug-likeness (QED) is 0.218. The lowest BCUT2D eigenvalue weighted by Crippen LogP contribution is -2.47. The van der Waals surface area contributed by atoms with Gasteiger partial charge in [-0.3, -0.25) is 4.79 Å². The first-order valence-corrected chi connectivity index (χ1v) is 12.3. The number of H-pyrrole nitrogens is 1. The monoisotopic (exact) mass is 526 g/mol. The van der Waals surface area contributed by atoms with E-state index in [1.54, 1.807) is 31.3 Å². The number of ether oxygens (including phenoxy) is 1. The van der Waals surface area contributed by atoms with Gasteiger partial charge >= 0.3 is 11.6 Å². The minimum absolute atomic E-state index is 0.000329. The van der Waals surface area contributed by atoms with Gasteiger partial charge in [0.05, 0.1) is 0 Å². The van der Waals surface area contributed by atoms with Crippen LogP contribution in [0.15, 0.2) is 82.1 Å². The predicted molar refractivity (Wildman–Crippen MR) is 146 cm³/mol. The highest BCUT2D eigenvalue weighted by Crippen LogP contribution is 2.33. The van der Waals surface area contributed by atoms with Gasteiger partial charge in [0.2, 0.25) is 0 Å². The third-order valence-corrected chi connectivity index (χ3v) is 6.66. The van der Waals surface area contributed by atoms with E-state index in [0.717, 1.165) is 22.0 Å². The fraction of sp³-hybridized carbons (Fsp3) is 0.167. The van der Waals surface area contributed by atoms with Crippen molar-refractivity contribution in [2.75, 3.05) is 0 Å². The second-order valence-corrected chi connectivity index (χ2v) is 9.32. The number of nitrogens with one attached hydrogen (secondary N) is 2. The van der Waals surface area contributed by atoms with E-state index >= 15 is 0 Å². The number of aromatic nitrogens is 1. The average Bonchev–Trinajstić information content (AvgIpc) is 3.31. The van der Waals surface area contributed by atoms with Crippen molar-refractivity contribution in [3.63, 3.8) is 0 Å². The summed E-state index contributed by atoms with van der Waals surface area (Å²) in [5.74, 6) is -1.44. The van der Waals surface area contributed by atoms with E-state index in [0.29, 0.717) is 27.8 Å². The normalized spacial score (nSPS) is 12.8. The summed E-state index contributed by atoms with van der Waals surface area (Å²) in [7, 11) is 0. The molecule has 2 atom stereocenters. The number of carbonyl (C=O) groups excluding carboxylic acids is 1. The number of carboxylic acids is 1. The molecule has 2 unspecified atom stereocenters. The SMILES string of the molecule is Cc1c(OC(C)C(=O)NC(Cc2c[nH]c3ccc(O)cc23)C(=O)O)ccc2c(-c3ccccc3)cc(=O)oc12. The molecule has 0 aliphatic carbocycles. The first kappa shape index (κ1) is 25.6. The maximum atomic E-state index is 13.0. The number of benzene rings is 3. The van der Waals surface area contributed by atoms with Crippen LogP contribution in [-0.4, -0.2) is 39.2 Å². The zero-order chi connectivity index (χ0) is 27.7. The first-order valence-electron chi connectivity index (χ1n) is 12.3. The van der Waals surface area contributed by atoms with E-state index in [9.17, 15) is 24.6 Å². The minimum Gasteiger partial charge on any atom is -0.508 e. The van der Waals surface area contributed by atoms with Gasteiger partial charge in [-0.25, -0.2) is 9.59 Å². The molecular formula is C30H26N2O7. The number of rotatable bonds is 8. The molecule has 2 heterocycles. The van der Waals surface area contributed by atoms with E-state index in [1.165, 1.54) is 25.1 Å². The maximum Gasteiger partial charge on any atom is 0.336 e. The molecule has 1 amide bonds. The summed E-state index contributed by atoms with van der Waals surface area (Å²) in [6, 6.07) is 17.9. The van der Waals surface area contributed by atoms with Gasteiger partial charge in [0.25, 0.3) is 5.91 Å². The van der Waals surface area contributed by atoms with Crippen LogP contribution in [0.4, 0.5) is 0 Å². The Kier molecular flexibility index (Phi) is 6.81. The lowest BCUT2D eigenvalue weighted by atomic mass is 10.00. The van der Waals surface area contributed by atoms with E-state index in [1.807, 2.05) is 30.3 Å². The highest BCUT2D eigenvalue weighted by Gasteiger charge is 2.26. The van der Waals surface area contributed by atoms with E-state index in [-0.39, 0.29) is 12.2 Å². The van der Waals surface area contributed by atoms with Gasteiger partial charge in [0.1, 0.15) is 23.1 Å². The summed E-state index contributed by atoms with van der Waals surface area (Å²) in [4.78, 5) is 40.3. The first-order chi connectivity index (χ1) is 18.7. The van der Waals surface area contributed by atoms with Crippen LogP contribution in [-0.2, 0) is 16.0 Å². The van der Waals surface area contributed by atoms with Crippen molar-refractivity contribution in [1.29, 1.82) is 0 Å². The van der Waals surface area contributed by atoms with Crippen molar-refractivity contribution < 1.29 is 29.0 Å². The Balaban J connectivity index is 1.36. The molecule has 0 spiro atoms. The van der Waals surface area contributed by atoms with Crippen molar-refractivity contribution in [3.05, 3.63) is 94.5 Å².